The molecule has 118 valence electrons. The zero-order chi connectivity index (χ0) is 16.0. The van der Waals surface area contributed by atoms with Gasteiger partial charge in [-0.25, -0.2) is 4.79 Å². The Kier molecular flexibility index (Phi) is 6.13. The molecule has 2 N–H and O–H groups in total. The normalized spacial score (nSPS) is 19.2. The molecule has 0 bridgehead atoms. The second-order valence-corrected chi connectivity index (χ2v) is 4.85. The van der Waals surface area contributed by atoms with Crippen LogP contribution in [0.4, 0.5) is 0 Å². The number of methoxy groups -OCH3 is 1. The van der Waals surface area contributed by atoms with Gasteiger partial charge in [-0.1, -0.05) is 0 Å². The molecule has 1 saturated heterocycles. The Bertz CT molecular complexity index is 436. The van der Waals surface area contributed by atoms with E-state index >= 15 is 0 Å². The lowest BCUT2D eigenvalue weighted by Gasteiger charge is -2.17. The van der Waals surface area contributed by atoms with Gasteiger partial charge in [0.05, 0.1) is 13.0 Å². The third kappa shape index (κ3) is 4.73. The molecule has 2 amide bonds. The molecule has 8 nitrogen and oxygen atoms in total. The highest BCUT2D eigenvalue weighted by Crippen LogP contribution is 2.17. The van der Waals surface area contributed by atoms with Crippen molar-refractivity contribution in [2.45, 2.75) is 32.2 Å². The van der Waals surface area contributed by atoms with E-state index in [-0.39, 0.29) is 25.2 Å². The molecule has 0 aliphatic carbocycles. The van der Waals surface area contributed by atoms with E-state index in [1.807, 2.05) is 6.92 Å². The third-order valence-corrected chi connectivity index (χ3v) is 3.45. The standard InChI is InChI=1S/C13H20N2O6/c1-3-15-7-8(6-10(15)16)12(18)14-9(13(19)20)4-5-11(17)21-2/h8-9H,3-7H2,1-2H3,(H,14,18)(H,19,20). The first-order chi connectivity index (χ1) is 9.88. The van der Waals surface area contributed by atoms with E-state index in [9.17, 15) is 19.2 Å². The summed E-state index contributed by atoms with van der Waals surface area (Å²) >= 11 is 0. The molecule has 0 radical (unpaired) electrons. The second-order valence-electron chi connectivity index (χ2n) is 4.85. The van der Waals surface area contributed by atoms with Gasteiger partial charge in [-0.3, -0.25) is 14.4 Å². The summed E-state index contributed by atoms with van der Waals surface area (Å²) in [7, 11) is 1.21. The van der Waals surface area contributed by atoms with Gasteiger partial charge in [-0.15, -0.1) is 0 Å². The number of carboxylic acids is 1. The van der Waals surface area contributed by atoms with Gasteiger partial charge < -0.3 is 20.1 Å². The zero-order valence-electron chi connectivity index (χ0n) is 12.1. The van der Waals surface area contributed by atoms with Crippen molar-refractivity contribution < 1.29 is 29.0 Å². The van der Waals surface area contributed by atoms with Gasteiger partial charge in [-0.2, -0.15) is 0 Å². The maximum atomic E-state index is 12.0. The fraction of sp³-hybridized carbons (Fsp3) is 0.692. The molecule has 0 spiro atoms. The van der Waals surface area contributed by atoms with Crippen molar-refractivity contribution in [2.24, 2.45) is 5.92 Å². The zero-order valence-corrected chi connectivity index (χ0v) is 12.1. The number of hydrogen-bond acceptors (Lipinski definition) is 5. The van der Waals surface area contributed by atoms with Crippen LogP contribution in [0.3, 0.4) is 0 Å². The summed E-state index contributed by atoms with van der Waals surface area (Å²) in [4.78, 5) is 47.2. The van der Waals surface area contributed by atoms with Crippen molar-refractivity contribution in [3.05, 3.63) is 0 Å². The van der Waals surface area contributed by atoms with Gasteiger partial charge in [-0.05, 0) is 13.3 Å². The molecule has 0 saturated carbocycles. The Morgan fingerprint density at radius 3 is 2.62 bits per heavy atom. The smallest absolute Gasteiger partial charge is 0.326 e. The minimum absolute atomic E-state index is 0.0497. The van der Waals surface area contributed by atoms with E-state index in [1.54, 1.807) is 4.90 Å². The molecular formula is C13H20N2O6. The van der Waals surface area contributed by atoms with Crippen molar-refractivity contribution in [3.8, 4) is 0 Å². The molecule has 1 fully saturated rings. The van der Waals surface area contributed by atoms with Gasteiger partial charge >= 0.3 is 11.9 Å². The summed E-state index contributed by atoms with van der Waals surface area (Å²) in [5, 5.41) is 11.4. The highest BCUT2D eigenvalue weighted by atomic mass is 16.5. The van der Waals surface area contributed by atoms with E-state index in [1.165, 1.54) is 7.11 Å². The topological polar surface area (TPSA) is 113 Å². The lowest BCUT2D eigenvalue weighted by molar-refractivity contribution is -0.144. The molecule has 0 aromatic heterocycles. The van der Waals surface area contributed by atoms with Crippen LogP contribution in [0.1, 0.15) is 26.2 Å². The number of esters is 1. The SMILES string of the molecule is CCN1CC(C(=O)NC(CCC(=O)OC)C(=O)O)CC1=O. The van der Waals surface area contributed by atoms with E-state index in [0.717, 1.165) is 0 Å². The Hall–Kier alpha value is -2.12. The number of hydrogen-bond donors (Lipinski definition) is 2. The Morgan fingerprint density at radius 2 is 2.14 bits per heavy atom. The first-order valence-corrected chi connectivity index (χ1v) is 6.76. The van der Waals surface area contributed by atoms with Crippen LogP contribution in [-0.2, 0) is 23.9 Å². The quantitative estimate of drug-likeness (QED) is 0.606. The Labute approximate surface area is 122 Å². The fourth-order valence-corrected chi connectivity index (χ4v) is 2.16. The van der Waals surface area contributed by atoms with E-state index in [2.05, 4.69) is 10.1 Å². The van der Waals surface area contributed by atoms with E-state index in [4.69, 9.17) is 5.11 Å². The van der Waals surface area contributed by atoms with Crippen LogP contribution in [0, 0.1) is 5.92 Å². The molecule has 1 rings (SSSR count). The van der Waals surface area contributed by atoms with Crippen LogP contribution >= 0.6 is 0 Å². The van der Waals surface area contributed by atoms with Gasteiger partial charge in [0.15, 0.2) is 0 Å². The fourth-order valence-electron chi connectivity index (χ4n) is 2.16. The molecule has 0 aromatic rings. The van der Waals surface area contributed by atoms with Crippen LogP contribution in [0.25, 0.3) is 0 Å². The molecule has 1 aliphatic rings. The number of aliphatic carboxylic acids is 1. The summed E-state index contributed by atoms with van der Waals surface area (Å²) in [6.45, 7) is 2.63. The first kappa shape index (κ1) is 16.9. The number of amides is 2. The van der Waals surface area contributed by atoms with E-state index < -0.39 is 29.8 Å². The number of carboxylic acid groups (broad SMARTS) is 1. The maximum absolute atomic E-state index is 12.0. The lowest BCUT2D eigenvalue weighted by Crippen LogP contribution is -2.44. The van der Waals surface area contributed by atoms with Crippen LogP contribution in [0.2, 0.25) is 0 Å². The molecule has 0 aromatic carbocycles. The minimum atomic E-state index is -1.22. The van der Waals surface area contributed by atoms with Gasteiger partial charge in [0.1, 0.15) is 6.04 Å². The number of rotatable bonds is 7. The average molecular weight is 300 g/mol. The van der Waals surface area contributed by atoms with Crippen LogP contribution in [-0.4, -0.2) is 60.0 Å². The number of nitrogens with zero attached hydrogens (tertiary/aromatic N) is 1. The predicted molar refractivity (Wildman–Crippen MR) is 71.2 cm³/mol. The van der Waals surface area contributed by atoms with Crippen LogP contribution in [0.15, 0.2) is 0 Å². The molecular weight excluding hydrogens is 280 g/mol. The number of carbonyl (C=O) groups excluding carboxylic acids is 3. The Balaban J connectivity index is 2.55. The van der Waals surface area contributed by atoms with Crippen molar-refractivity contribution in [2.75, 3.05) is 20.2 Å². The molecule has 1 heterocycles. The molecule has 1 aliphatic heterocycles. The van der Waals surface area contributed by atoms with Gasteiger partial charge in [0.25, 0.3) is 0 Å². The predicted octanol–water partition coefficient (Wildman–Crippen LogP) is -0.623. The highest BCUT2D eigenvalue weighted by Gasteiger charge is 2.35. The third-order valence-electron chi connectivity index (χ3n) is 3.45. The average Bonchev–Trinajstić information content (AvgIpc) is 2.83. The highest BCUT2D eigenvalue weighted by molar-refractivity contribution is 5.91. The van der Waals surface area contributed by atoms with Crippen molar-refractivity contribution in [1.29, 1.82) is 0 Å². The van der Waals surface area contributed by atoms with Crippen molar-refractivity contribution >= 4 is 23.8 Å². The lowest BCUT2D eigenvalue weighted by atomic mass is 10.1. The molecule has 2 unspecified atom stereocenters. The van der Waals surface area contributed by atoms with E-state index in [0.29, 0.717) is 13.1 Å². The van der Waals surface area contributed by atoms with Crippen molar-refractivity contribution in [1.82, 2.24) is 10.2 Å². The summed E-state index contributed by atoms with van der Waals surface area (Å²) in [6, 6.07) is -1.16. The monoisotopic (exact) mass is 300 g/mol. The second kappa shape index (κ2) is 7.61. The summed E-state index contributed by atoms with van der Waals surface area (Å²) < 4.78 is 4.43. The van der Waals surface area contributed by atoms with Crippen molar-refractivity contribution in [3.63, 3.8) is 0 Å². The number of likely N-dealkylation sites (tertiary alicyclic amines) is 1. The first-order valence-electron chi connectivity index (χ1n) is 6.76. The largest absolute Gasteiger partial charge is 0.480 e. The van der Waals surface area contributed by atoms with Gasteiger partial charge in [0.2, 0.25) is 11.8 Å². The molecule has 2 atom stereocenters. The van der Waals surface area contributed by atoms with Gasteiger partial charge in [0, 0.05) is 25.9 Å². The maximum Gasteiger partial charge on any atom is 0.326 e. The summed E-state index contributed by atoms with van der Waals surface area (Å²) in [6.07, 6.45) is -0.0622. The number of carbonyl (C=O) groups is 4. The summed E-state index contributed by atoms with van der Waals surface area (Å²) in [5.74, 6) is -2.89. The Morgan fingerprint density at radius 1 is 1.48 bits per heavy atom. The molecule has 8 heteroatoms. The number of ether oxygens (including phenoxy) is 1. The summed E-state index contributed by atoms with van der Waals surface area (Å²) in [5.41, 5.74) is 0. The minimum Gasteiger partial charge on any atom is -0.480 e. The van der Waals surface area contributed by atoms with Crippen LogP contribution < -0.4 is 5.32 Å². The molecule has 21 heavy (non-hydrogen) atoms. The van der Waals surface area contributed by atoms with Crippen LogP contribution in [0.5, 0.6) is 0 Å². The number of nitrogens with one attached hydrogen (secondary N) is 1.